The summed E-state index contributed by atoms with van der Waals surface area (Å²) in [4.78, 5) is 29.3. The van der Waals surface area contributed by atoms with Crippen molar-refractivity contribution in [1.29, 1.82) is 0 Å². The average molecular weight is 436 g/mol. The van der Waals surface area contributed by atoms with E-state index in [4.69, 9.17) is 0 Å². The van der Waals surface area contributed by atoms with Gasteiger partial charge in [0.1, 0.15) is 0 Å². The number of nitrogens with zero attached hydrogens (tertiary/aromatic N) is 2. The molecule has 6 heteroatoms. The predicted octanol–water partition coefficient (Wildman–Crippen LogP) is 3.29. The van der Waals surface area contributed by atoms with E-state index < -0.39 is 0 Å². The van der Waals surface area contributed by atoms with Crippen LogP contribution < -0.4 is 5.32 Å². The number of hydrogen-bond donors (Lipinski definition) is 1. The van der Waals surface area contributed by atoms with E-state index in [1.165, 1.54) is 32.4 Å². The standard InChI is InChI=1S/C21H30BrN3O2/c22-19-7-5-18(6-8-19)21(27)25-15-9-17(10-16-25)20(26)23-11-4-14-24-12-2-1-3-13-24/h5-8,17H,1-4,9-16H2,(H,23,26). The van der Waals surface area contributed by atoms with Crippen LogP contribution in [0.4, 0.5) is 0 Å². The Kier molecular flexibility index (Phi) is 7.70. The Morgan fingerprint density at radius 2 is 1.67 bits per heavy atom. The fourth-order valence-electron chi connectivity index (χ4n) is 3.96. The van der Waals surface area contributed by atoms with Gasteiger partial charge in [0.2, 0.25) is 5.91 Å². The van der Waals surface area contributed by atoms with Gasteiger partial charge >= 0.3 is 0 Å². The first kappa shape index (κ1) is 20.3. The molecule has 3 rings (SSSR count). The van der Waals surface area contributed by atoms with Crippen molar-refractivity contribution in [3.63, 3.8) is 0 Å². The molecule has 2 heterocycles. The summed E-state index contributed by atoms with van der Waals surface area (Å²) in [6, 6.07) is 7.45. The number of amides is 2. The van der Waals surface area contributed by atoms with Crippen LogP contribution in [0.25, 0.3) is 0 Å². The lowest BCUT2D eigenvalue weighted by Gasteiger charge is -2.31. The summed E-state index contributed by atoms with van der Waals surface area (Å²) in [7, 11) is 0. The second-order valence-corrected chi connectivity index (χ2v) is 8.54. The van der Waals surface area contributed by atoms with Crippen LogP contribution >= 0.6 is 15.9 Å². The maximum absolute atomic E-state index is 12.6. The highest BCUT2D eigenvalue weighted by Crippen LogP contribution is 2.20. The Labute approximate surface area is 170 Å². The van der Waals surface area contributed by atoms with Crippen molar-refractivity contribution in [2.75, 3.05) is 39.3 Å². The highest BCUT2D eigenvalue weighted by atomic mass is 79.9. The molecule has 2 aliphatic heterocycles. The van der Waals surface area contributed by atoms with Crippen LogP contribution in [0.1, 0.15) is 48.9 Å². The van der Waals surface area contributed by atoms with Crippen LogP contribution in [0.5, 0.6) is 0 Å². The molecule has 0 atom stereocenters. The van der Waals surface area contributed by atoms with Crippen LogP contribution in [-0.2, 0) is 4.79 Å². The summed E-state index contributed by atoms with van der Waals surface area (Å²) < 4.78 is 0.967. The molecule has 1 aromatic rings. The van der Waals surface area contributed by atoms with Gasteiger partial charge in [-0.2, -0.15) is 0 Å². The molecule has 2 saturated heterocycles. The summed E-state index contributed by atoms with van der Waals surface area (Å²) >= 11 is 3.39. The SMILES string of the molecule is O=C(NCCCN1CCCCC1)C1CCN(C(=O)c2ccc(Br)cc2)CC1. The minimum atomic E-state index is 0.0361. The summed E-state index contributed by atoms with van der Waals surface area (Å²) in [5.74, 6) is 0.251. The summed E-state index contributed by atoms with van der Waals surface area (Å²) in [6.45, 7) is 5.56. The Balaban J connectivity index is 1.35. The number of benzene rings is 1. The second-order valence-electron chi connectivity index (χ2n) is 7.62. The fourth-order valence-corrected chi connectivity index (χ4v) is 4.23. The third-order valence-corrected chi connectivity index (χ3v) is 6.17. The molecule has 1 aromatic carbocycles. The van der Waals surface area contributed by atoms with E-state index in [9.17, 15) is 9.59 Å². The minimum Gasteiger partial charge on any atom is -0.356 e. The number of rotatable bonds is 6. The zero-order chi connectivity index (χ0) is 19.1. The van der Waals surface area contributed by atoms with E-state index in [0.29, 0.717) is 18.7 Å². The van der Waals surface area contributed by atoms with E-state index in [1.807, 2.05) is 29.2 Å². The molecule has 0 aliphatic carbocycles. The maximum atomic E-state index is 12.6. The molecule has 0 spiro atoms. The molecule has 5 nitrogen and oxygen atoms in total. The van der Waals surface area contributed by atoms with Crippen molar-refractivity contribution >= 4 is 27.7 Å². The zero-order valence-electron chi connectivity index (χ0n) is 16.0. The first-order valence-electron chi connectivity index (χ1n) is 10.2. The molecule has 0 radical (unpaired) electrons. The number of likely N-dealkylation sites (tertiary alicyclic amines) is 2. The van der Waals surface area contributed by atoms with Crippen molar-refractivity contribution in [3.05, 3.63) is 34.3 Å². The lowest BCUT2D eigenvalue weighted by molar-refractivity contribution is -0.126. The van der Waals surface area contributed by atoms with Gasteiger partial charge in [0.15, 0.2) is 0 Å². The van der Waals surface area contributed by atoms with Gasteiger partial charge in [-0.15, -0.1) is 0 Å². The van der Waals surface area contributed by atoms with Gasteiger partial charge in [0.25, 0.3) is 5.91 Å². The van der Waals surface area contributed by atoms with Crippen LogP contribution in [0.2, 0.25) is 0 Å². The quantitative estimate of drug-likeness (QED) is 0.697. The maximum Gasteiger partial charge on any atom is 0.253 e. The van der Waals surface area contributed by atoms with Crippen LogP contribution in [0.15, 0.2) is 28.7 Å². The molecule has 0 saturated carbocycles. The van der Waals surface area contributed by atoms with Crippen LogP contribution in [0, 0.1) is 5.92 Å². The molecule has 2 fully saturated rings. The molecular weight excluding hydrogens is 406 g/mol. The normalized spacial score (nSPS) is 19.1. The van der Waals surface area contributed by atoms with E-state index in [2.05, 4.69) is 26.1 Å². The molecular formula is C21H30BrN3O2. The molecule has 1 N–H and O–H groups in total. The van der Waals surface area contributed by atoms with Crippen molar-refractivity contribution in [1.82, 2.24) is 15.1 Å². The third kappa shape index (κ3) is 6.04. The predicted molar refractivity (Wildman–Crippen MR) is 111 cm³/mol. The molecule has 0 aromatic heterocycles. The largest absolute Gasteiger partial charge is 0.356 e. The molecule has 0 unspecified atom stereocenters. The van der Waals surface area contributed by atoms with Crippen molar-refractivity contribution in [2.45, 2.75) is 38.5 Å². The van der Waals surface area contributed by atoms with Gasteiger partial charge in [0, 0.05) is 35.6 Å². The van der Waals surface area contributed by atoms with E-state index in [1.54, 1.807) is 0 Å². The monoisotopic (exact) mass is 435 g/mol. The third-order valence-electron chi connectivity index (χ3n) is 5.64. The van der Waals surface area contributed by atoms with Gasteiger partial charge < -0.3 is 15.1 Å². The minimum absolute atomic E-state index is 0.0361. The number of piperidine rings is 2. The molecule has 27 heavy (non-hydrogen) atoms. The van der Waals surface area contributed by atoms with Crippen molar-refractivity contribution in [3.8, 4) is 0 Å². The van der Waals surface area contributed by atoms with E-state index in [0.717, 1.165) is 36.8 Å². The Bertz CT molecular complexity index is 621. The Hall–Kier alpha value is -1.40. The Morgan fingerprint density at radius 3 is 2.33 bits per heavy atom. The smallest absolute Gasteiger partial charge is 0.253 e. The second kappa shape index (κ2) is 10.2. The summed E-state index contributed by atoms with van der Waals surface area (Å²) in [5.41, 5.74) is 0.707. The van der Waals surface area contributed by atoms with Gasteiger partial charge in [-0.1, -0.05) is 22.4 Å². The van der Waals surface area contributed by atoms with Gasteiger partial charge in [-0.25, -0.2) is 0 Å². The van der Waals surface area contributed by atoms with Crippen molar-refractivity contribution < 1.29 is 9.59 Å². The van der Waals surface area contributed by atoms with Crippen molar-refractivity contribution in [2.24, 2.45) is 5.92 Å². The van der Waals surface area contributed by atoms with Crippen LogP contribution in [-0.4, -0.2) is 60.9 Å². The number of carbonyl (C=O) groups excluding carboxylic acids is 2. The average Bonchev–Trinajstić information content (AvgIpc) is 2.72. The fraction of sp³-hybridized carbons (Fsp3) is 0.619. The summed E-state index contributed by atoms with van der Waals surface area (Å²) in [5, 5.41) is 3.10. The highest BCUT2D eigenvalue weighted by Gasteiger charge is 2.27. The molecule has 148 valence electrons. The lowest BCUT2D eigenvalue weighted by atomic mass is 9.95. The summed E-state index contributed by atoms with van der Waals surface area (Å²) in [6.07, 6.45) is 6.50. The van der Waals surface area contributed by atoms with E-state index in [-0.39, 0.29) is 17.7 Å². The number of nitrogens with one attached hydrogen (secondary N) is 1. The van der Waals surface area contributed by atoms with E-state index >= 15 is 0 Å². The Morgan fingerprint density at radius 1 is 1.00 bits per heavy atom. The number of carbonyl (C=O) groups is 2. The highest BCUT2D eigenvalue weighted by molar-refractivity contribution is 9.10. The molecule has 2 aliphatic rings. The van der Waals surface area contributed by atoms with Gasteiger partial charge in [-0.05, 0) is 76.0 Å². The first-order valence-corrected chi connectivity index (χ1v) is 11.0. The number of hydrogen-bond acceptors (Lipinski definition) is 3. The van der Waals surface area contributed by atoms with Gasteiger partial charge in [-0.3, -0.25) is 9.59 Å². The first-order chi connectivity index (χ1) is 13.1. The van der Waals surface area contributed by atoms with Crippen LogP contribution in [0.3, 0.4) is 0 Å². The zero-order valence-corrected chi connectivity index (χ0v) is 17.5. The molecule has 0 bridgehead atoms. The van der Waals surface area contributed by atoms with Gasteiger partial charge in [0.05, 0.1) is 0 Å². The number of halogens is 1. The topological polar surface area (TPSA) is 52.7 Å². The molecule has 2 amide bonds. The lowest BCUT2D eigenvalue weighted by Crippen LogP contribution is -2.43.